The van der Waals surface area contributed by atoms with Crippen molar-refractivity contribution in [3.8, 4) is 0 Å². The molecule has 3 amide bonds. The Morgan fingerprint density at radius 2 is 1.38 bits per heavy atom. The van der Waals surface area contributed by atoms with Crippen LogP contribution in [0.3, 0.4) is 0 Å². The molecule has 0 saturated carbocycles. The Kier molecular flexibility index (Phi) is 15.7. The molecule has 1 unspecified atom stereocenters. The SMILES string of the molecule is CCCCC(O)[C@@H](O)[C@H](CC(C)C)NC(=O)[C@H](CCCC)NC(=O)[C@H](Cc1cccc2ccccc12)NC(=O)OCc1ccccc1. The fourth-order valence-electron chi connectivity index (χ4n) is 5.68. The molecular weight excluding hydrogens is 594 g/mol. The van der Waals surface area contributed by atoms with E-state index in [0.717, 1.165) is 41.2 Å². The zero-order valence-electron chi connectivity index (χ0n) is 28.3. The minimum Gasteiger partial charge on any atom is -0.445 e. The topological polar surface area (TPSA) is 137 Å². The number of nitrogens with one attached hydrogen (secondary N) is 3. The molecule has 3 aromatic carbocycles. The summed E-state index contributed by atoms with van der Waals surface area (Å²) in [6, 6.07) is 20.3. The van der Waals surface area contributed by atoms with Crippen molar-refractivity contribution in [2.45, 2.75) is 116 Å². The summed E-state index contributed by atoms with van der Waals surface area (Å²) in [6.45, 7) is 8.03. The van der Waals surface area contributed by atoms with Crippen LogP contribution < -0.4 is 16.0 Å². The first-order valence-electron chi connectivity index (χ1n) is 17.0. The number of amides is 3. The Morgan fingerprint density at radius 3 is 2.09 bits per heavy atom. The number of carbonyl (C=O) groups excluding carboxylic acids is 3. The van der Waals surface area contributed by atoms with Gasteiger partial charge < -0.3 is 30.9 Å². The second-order valence-corrected chi connectivity index (χ2v) is 12.7. The van der Waals surface area contributed by atoms with Crippen molar-refractivity contribution in [3.63, 3.8) is 0 Å². The smallest absolute Gasteiger partial charge is 0.408 e. The number of hydrogen-bond acceptors (Lipinski definition) is 6. The summed E-state index contributed by atoms with van der Waals surface area (Å²) in [5, 5.41) is 32.2. The lowest BCUT2D eigenvalue weighted by molar-refractivity contribution is -0.131. The molecule has 5 N–H and O–H groups in total. The zero-order valence-corrected chi connectivity index (χ0v) is 28.3. The van der Waals surface area contributed by atoms with Crippen LogP contribution in [0.25, 0.3) is 10.8 Å². The number of alkyl carbamates (subject to hydrolysis) is 1. The largest absolute Gasteiger partial charge is 0.445 e. The number of unbranched alkanes of at least 4 members (excludes halogenated alkanes) is 2. The van der Waals surface area contributed by atoms with Gasteiger partial charge in [0.2, 0.25) is 11.8 Å². The summed E-state index contributed by atoms with van der Waals surface area (Å²) >= 11 is 0. The van der Waals surface area contributed by atoms with Gasteiger partial charge in [0.05, 0.1) is 18.2 Å². The van der Waals surface area contributed by atoms with E-state index in [-0.39, 0.29) is 18.9 Å². The van der Waals surface area contributed by atoms with Gasteiger partial charge in [-0.05, 0) is 47.1 Å². The Bertz CT molecular complexity index is 1390. The first-order valence-corrected chi connectivity index (χ1v) is 17.0. The van der Waals surface area contributed by atoms with E-state index in [1.165, 1.54) is 0 Å². The molecule has 0 aliphatic heterocycles. The highest BCUT2D eigenvalue weighted by atomic mass is 16.5. The molecule has 0 heterocycles. The minimum absolute atomic E-state index is 0.0421. The minimum atomic E-state index is -1.14. The van der Waals surface area contributed by atoms with Gasteiger partial charge in [-0.3, -0.25) is 9.59 Å². The summed E-state index contributed by atoms with van der Waals surface area (Å²) in [7, 11) is 0. The van der Waals surface area contributed by atoms with Crippen LogP contribution in [0, 0.1) is 5.92 Å². The average molecular weight is 648 g/mol. The molecule has 3 aromatic rings. The lowest BCUT2D eigenvalue weighted by Crippen LogP contribution is -2.57. The summed E-state index contributed by atoms with van der Waals surface area (Å²) in [5.74, 6) is -0.808. The molecule has 0 bridgehead atoms. The highest BCUT2D eigenvalue weighted by Crippen LogP contribution is 2.21. The summed E-state index contributed by atoms with van der Waals surface area (Å²) in [4.78, 5) is 40.7. The van der Waals surface area contributed by atoms with E-state index in [0.29, 0.717) is 25.7 Å². The third-order valence-corrected chi connectivity index (χ3v) is 8.32. The zero-order chi connectivity index (χ0) is 34.2. The van der Waals surface area contributed by atoms with Crippen LogP contribution in [-0.4, -0.2) is 58.5 Å². The second kappa shape index (κ2) is 19.7. The van der Waals surface area contributed by atoms with Crippen LogP contribution in [0.4, 0.5) is 4.79 Å². The number of benzene rings is 3. The van der Waals surface area contributed by atoms with Crippen molar-refractivity contribution in [3.05, 3.63) is 83.9 Å². The number of ether oxygens (including phenoxy) is 1. The molecule has 0 spiro atoms. The Morgan fingerprint density at radius 1 is 0.745 bits per heavy atom. The van der Waals surface area contributed by atoms with E-state index in [1.54, 1.807) is 0 Å². The molecule has 0 aliphatic rings. The van der Waals surface area contributed by atoms with Crippen molar-refractivity contribution < 1.29 is 29.3 Å². The van der Waals surface area contributed by atoms with Crippen LogP contribution in [-0.2, 0) is 27.4 Å². The second-order valence-electron chi connectivity index (χ2n) is 12.7. The van der Waals surface area contributed by atoms with Gasteiger partial charge in [0.15, 0.2) is 0 Å². The van der Waals surface area contributed by atoms with E-state index in [4.69, 9.17) is 4.74 Å². The van der Waals surface area contributed by atoms with Crippen molar-refractivity contribution in [1.82, 2.24) is 16.0 Å². The molecule has 5 atom stereocenters. The quantitative estimate of drug-likeness (QED) is 0.112. The van der Waals surface area contributed by atoms with Crippen molar-refractivity contribution in [2.75, 3.05) is 0 Å². The number of fused-ring (bicyclic) bond motifs is 1. The van der Waals surface area contributed by atoms with Gasteiger partial charge in [-0.2, -0.15) is 0 Å². The lowest BCUT2D eigenvalue weighted by atomic mass is 9.93. The van der Waals surface area contributed by atoms with E-state index < -0.39 is 48.2 Å². The molecule has 0 aromatic heterocycles. The normalized spacial score (nSPS) is 14.5. The van der Waals surface area contributed by atoms with Crippen LogP contribution in [0.5, 0.6) is 0 Å². The maximum absolute atomic E-state index is 13.9. The van der Waals surface area contributed by atoms with Crippen LogP contribution in [0.1, 0.15) is 83.8 Å². The highest BCUT2D eigenvalue weighted by molar-refractivity contribution is 5.92. The molecule has 9 nitrogen and oxygen atoms in total. The fraction of sp³-hybridized carbons (Fsp3) is 0.500. The van der Waals surface area contributed by atoms with Gasteiger partial charge in [-0.25, -0.2) is 4.79 Å². The standard InChI is InChI=1S/C38H53N3O6/c1-5-7-21-31(36(44)40-32(23-26(3)4)35(43)34(42)22-8-6-2)39-37(45)33(41-38(46)47-25-27-15-10-9-11-16-27)24-29-19-14-18-28-17-12-13-20-30(28)29/h9-20,26,31-35,42-43H,5-8,21-25H2,1-4H3,(H,39,45)(H,40,44)(H,41,46)/t31-,32-,33-,34?,35-/m0/s1. The van der Waals surface area contributed by atoms with Gasteiger partial charge in [-0.1, -0.05) is 126 Å². The summed E-state index contributed by atoms with van der Waals surface area (Å²) in [6.07, 6.45) is 1.69. The predicted molar refractivity (Wildman–Crippen MR) is 186 cm³/mol. The van der Waals surface area contributed by atoms with E-state index >= 15 is 0 Å². The number of rotatable bonds is 19. The fourth-order valence-corrected chi connectivity index (χ4v) is 5.68. The Hall–Kier alpha value is -3.95. The van der Waals surface area contributed by atoms with Crippen LogP contribution >= 0.6 is 0 Å². The number of carbonyl (C=O) groups is 3. The Balaban J connectivity index is 1.82. The van der Waals surface area contributed by atoms with Crippen molar-refractivity contribution in [2.24, 2.45) is 5.92 Å². The predicted octanol–water partition coefficient (Wildman–Crippen LogP) is 5.80. The lowest BCUT2D eigenvalue weighted by Gasteiger charge is -2.31. The van der Waals surface area contributed by atoms with E-state index in [2.05, 4.69) is 16.0 Å². The maximum Gasteiger partial charge on any atom is 0.408 e. The van der Waals surface area contributed by atoms with Crippen LogP contribution in [0.15, 0.2) is 72.8 Å². The Labute approximate surface area is 279 Å². The highest BCUT2D eigenvalue weighted by Gasteiger charge is 2.32. The number of aliphatic hydroxyl groups is 2. The maximum atomic E-state index is 13.9. The van der Waals surface area contributed by atoms with Crippen LogP contribution in [0.2, 0.25) is 0 Å². The molecule has 0 fully saturated rings. The first kappa shape index (κ1) is 37.5. The first-order chi connectivity index (χ1) is 22.6. The molecule has 0 aliphatic carbocycles. The monoisotopic (exact) mass is 647 g/mol. The number of aliphatic hydroxyl groups excluding tert-OH is 2. The van der Waals surface area contributed by atoms with Gasteiger partial charge in [-0.15, -0.1) is 0 Å². The average Bonchev–Trinajstić information content (AvgIpc) is 3.07. The van der Waals surface area contributed by atoms with Crippen molar-refractivity contribution in [1.29, 1.82) is 0 Å². The third kappa shape index (κ3) is 12.3. The molecule has 3 rings (SSSR count). The van der Waals surface area contributed by atoms with Gasteiger partial charge >= 0.3 is 6.09 Å². The molecular formula is C38H53N3O6. The van der Waals surface area contributed by atoms with E-state index in [9.17, 15) is 24.6 Å². The van der Waals surface area contributed by atoms with Gasteiger partial charge in [0, 0.05) is 6.42 Å². The molecule has 256 valence electrons. The summed E-state index contributed by atoms with van der Waals surface area (Å²) in [5.41, 5.74) is 1.68. The molecule has 47 heavy (non-hydrogen) atoms. The molecule has 9 heteroatoms. The third-order valence-electron chi connectivity index (χ3n) is 8.32. The molecule has 0 saturated heterocycles. The number of hydrogen-bond donors (Lipinski definition) is 5. The van der Waals surface area contributed by atoms with Crippen molar-refractivity contribution >= 4 is 28.7 Å². The van der Waals surface area contributed by atoms with E-state index in [1.807, 2.05) is 100 Å². The summed E-state index contributed by atoms with van der Waals surface area (Å²) < 4.78 is 5.46. The van der Waals surface area contributed by atoms with Gasteiger partial charge in [0.25, 0.3) is 0 Å². The van der Waals surface area contributed by atoms with Gasteiger partial charge in [0.1, 0.15) is 18.7 Å². The molecule has 0 radical (unpaired) electrons.